The number of amides is 1. The molecule has 20 heavy (non-hydrogen) atoms. The van der Waals surface area contributed by atoms with Gasteiger partial charge in [-0.05, 0) is 13.1 Å². The van der Waals surface area contributed by atoms with E-state index in [1.54, 1.807) is 17.7 Å². The Morgan fingerprint density at radius 3 is 2.85 bits per heavy atom. The Morgan fingerprint density at radius 2 is 2.15 bits per heavy atom. The van der Waals surface area contributed by atoms with Crippen LogP contribution in [-0.4, -0.2) is 59.2 Å². The number of carbonyl (C=O) groups is 1. The number of likely N-dealkylation sites (N-methyl/N-ethyl adjacent to an activating group) is 1. The third-order valence-electron chi connectivity index (χ3n) is 3.72. The highest BCUT2D eigenvalue weighted by atomic mass is 16.5. The molecule has 1 fully saturated rings. The van der Waals surface area contributed by atoms with Crippen LogP contribution in [0.2, 0.25) is 0 Å². The van der Waals surface area contributed by atoms with E-state index in [1.165, 1.54) is 0 Å². The highest BCUT2D eigenvalue weighted by Crippen LogP contribution is 2.27. The van der Waals surface area contributed by atoms with Crippen molar-refractivity contribution in [1.29, 1.82) is 0 Å². The van der Waals surface area contributed by atoms with Gasteiger partial charge in [0.2, 0.25) is 0 Å². The minimum Gasteiger partial charge on any atom is -0.367 e. The quantitative estimate of drug-likeness (QED) is 0.547. The van der Waals surface area contributed by atoms with Crippen molar-refractivity contribution >= 4 is 22.5 Å². The standard InChI is InChI=1S/C13H17N5O2/c1-17-2-4-18(5-3-17)12-8-15-11-7-14-10(6-9(11)12)13(19)16-20/h6-8,15,20H,2-5H2,1H3,(H,16,19). The predicted molar refractivity (Wildman–Crippen MR) is 75.1 cm³/mol. The number of nitrogens with one attached hydrogen (secondary N) is 2. The number of aromatic nitrogens is 2. The molecule has 2 aromatic rings. The number of piperazine rings is 1. The highest BCUT2D eigenvalue weighted by molar-refractivity contribution is 5.99. The van der Waals surface area contributed by atoms with Gasteiger partial charge in [0.25, 0.3) is 5.91 Å². The van der Waals surface area contributed by atoms with E-state index in [9.17, 15) is 4.79 Å². The Hall–Kier alpha value is -2.12. The van der Waals surface area contributed by atoms with Crippen LogP contribution < -0.4 is 10.4 Å². The second-order valence-corrected chi connectivity index (χ2v) is 5.02. The Labute approximate surface area is 116 Å². The van der Waals surface area contributed by atoms with Crippen LogP contribution in [0, 0.1) is 0 Å². The van der Waals surface area contributed by atoms with Crippen molar-refractivity contribution in [2.75, 3.05) is 38.1 Å². The third-order valence-corrected chi connectivity index (χ3v) is 3.72. The molecule has 106 valence electrons. The lowest BCUT2D eigenvalue weighted by Crippen LogP contribution is -2.44. The van der Waals surface area contributed by atoms with Crippen LogP contribution in [0.4, 0.5) is 5.69 Å². The topological polar surface area (TPSA) is 84.5 Å². The zero-order valence-corrected chi connectivity index (χ0v) is 11.3. The summed E-state index contributed by atoms with van der Waals surface area (Å²) in [6.07, 6.45) is 3.55. The highest BCUT2D eigenvalue weighted by Gasteiger charge is 2.18. The molecule has 1 saturated heterocycles. The van der Waals surface area contributed by atoms with Crippen LogP contribution in [-0.2, 0) is 0 Å². The van der Waals surface area contributed by atoms with Crippen LogP contribution >= 0.6 is 0 Å². The van der Waals surface area contributed by atoms with E-state index in [2.05, 4.69) is 26.8 Å². The van der Waals surface area contributed by atoms with Crippen molar-refractivity contribution in [1.82, 2.24) is 20.3 Å². The van der Waals surface area contributed by atoms with Crippen molar-refractivity contribution in [3.8, 4) is 0 Å². The number of hydroxylamine groups is 1. The van der Waals surface area contributed by atoms with E-state index in [1.807, 2.05) is 6.20 Å². The molecule has 0 aromatic carbocycles. The minimum atomic E-state index is -0.600. The number of nitrogens with zero attached hydrogens (tertiary/aromatic N) is 3. The lowest BCUT2D eigenvalue weighted by molar-refractivity contribution is 0.0701. The Kier molecular flexibility index (Phi) is 3.29. The van der Waals surface area contributed by atoms with Crippen molar-refractivity contribution < 1.29 is 10.0 Å². The number of hydrogen-bond acceptors (Lipinski definition) is 5. The molecule has 0 aliphatic carbocycles. The fourth-order valence-corrected chi connectivity index (χ4v) is 2.50. The van der Waals surface area contributed by atoms with Crippen molar-refractivity contribution in [2.24, 2.45) is 0 Å². The number of anilines is 1. The molecule has 7 heteroatoms. The SMILES string of the molecule is CN1CCN(c2c[nH]c3cnc(C(=O)NO)cc23)CC1. The summed E-state index contributed by atoms with van der Waals surface area (Å²) in [5.41, 5.74) is 3.77. The maximum atomic E-state index is 11.5. The van der Waals surface area contributed by atoms with E-state index in [-0.39, 0.29) is 5.69 Å². The van der Waals surface area contributed by atoms with Crippen molar-refractivity contribution in [3.05, 3.63) is 24.2 Å². The second kappa shape index (κ2) is 5.10. The van der Waals surface area contributed by atoms with E-state index >= 15 is 0 Å². The summed E-state index contributed by atoms with van der Waals surface area (Å²) >= 11 is 0. The molecule has 3 rings (SSSR count). The number of H-pyrrole nitrogens is 1. The summed E-state index contributed by atoms with van der Waals surface area (Å²) < 4.78 is 0. The van der Waals surface area contributed by atoms with Gasteiger partial charge in [-0.3, -0.25) is 10.0 Å². The maximum Gasteiger partial charge on any atom is 0.293 e. The van der Waals surface area contributed by atoms with Gasteiger partial charge in [0.05, 0.1) is 17.4 Å². The zero-order chi connectivity index (χ0) is 14.1. The average Bonchev–Trinajstić information content (AvgIpc) is 2.90. The molecule has 0 radical (unpaired) electrons. The fourth-order valence-electron chi connectivity index (χ4n) is 2.50. The number of aromatic amines is 1. The largest absolute Gasteiger partial charge is 0.367 e. The lowest BCUT2D eigenvalue weighted by atomic mass is 10.2. The number of hydrogen-bond donors (Lipinski definition) is 3. The number of rotatable bonds is 2. The van der Waals surface area contributed by atoms with E-state index < -0.39 is 5.91 Å². The van der Waals surface area contributed by atoms with Crippen LogP contribution in [0.25, 0.3) is 10.9 Å². The predicted octanol–water partition coefficient (Wildman–Crippen LogP) is 0.434. The minimum absolute atomic E-state index is 0.204. The summed E-state index contributed by atoms with van der Waals surface area (Å²) in [6, 6.07) is 1.70. The van der Waals surface area contributed by atoms with Gasteiger partial charge >= 0.3 is 0 Å². The van der Waals surface area contributed by atoms with Crippen LogP contribution in [0.15, 0.2) is 18.5 Å². The number of pyridine rings is 1. The van der Waals surface area contributed by atoms with Gasteiger partial charge in [-0.2, -0.15) is 0 Å². The molecular formula is C13H17N5O2. The van der Waals surface area contributed by atoms with E-state index in [0.29, 0.717) is 0 Å². The Balaban J connectivity index is 1.96. The van der Waals surface area contributed by atoms with Gasteiger partial charge in [0.1, 0.15) is 5.69 Å². The molecule has 1 aliphatic heterocycles. The lowest BCUT2D eigenvalue weighted by Gasteiger charge is -2.33. The summed E-state index contributed by atoms with van der Waals surface area (Å²) in [5, 5.41) is 9.64. The van der Waals surface area contributed by atoms with Crippen molar-refractivity contribution in [3.63, 3.8) is 0 Å². The van der Waals surface area contributed by atoms with Gasteiger partial charge in [-0.15, -0.1) is 0 Å². The second-order valence-electron chi connectivity index (χ2n) is 5.02. The normalized spacial score (nSPS) is 16.6. The molecule has 0 spiro atoms. The number of fused-ring (bicyclic) bond motifs is 1. The molecule has 7 nitrogen and oxygen atoms in total. The van der Waals surface area contributed by atoms with Gasteiger partial charge < -0.3 is 14.8 Å². The Morgan fingerprint density at radius 1 is 1.40 bits per heavy atom. The summed E-state index contributed by atoms with van der Waals surface area (Å²) in [7, 11) is 2.11. The van der Waals surface area contributed by atoms with Gasteiger partial charge in [-0.1, -0.05) is 0 Å². The van der Waals surface area contributed by atoms with Gasteiger partial charge in [-0.25, -0.2) is 10.5 Å². The molecule has 0 saturated carbocycles. The smallest absolute Gasteiger partial charge is 0.293 e. The zero-order valence-electron chi connectivity index (χ0n) is 11.3. The van der Waals surface area contributed by atoms with Crippen LogP contribution in [0.5, 0.6) is 0 Å². The molecule has 2 aromatic heterocycles. The average molecular weight is 275 g/mol. The maximum absolute atomic E-state index is 11.5. The molecule has 3 heterocycles. The van der Waals surface area contributed by atoms with Crippen LogP contribution in [0.3, 0.4) is 0 Å². The van der Waals surface area contributed by atoms with E-state index in [0.717, 1.165) is 42.8 Å². The first-order valence-corrected chi connectivity index (χ1v) is 6.54. The van der Waals surface area contributed by atoms with Crippen LogP contribution in [0.1, 0.15) is 10.5 Å². The number of carbonyl (C=O) groups excluding carboxylic acids is 1. The molecular weight excluding hydrogens is 258 g/mol. The molecule has 0 atom stereocenters. The summed E-state index contributed by atoms with van der Waals surface area (Å²) in [6.45, 7) is 3.93. The fraction of sp³-hybridized carbons (Fsp3) is 0.385. The monoisotopic (exact) mass is 275 g/mol. The first-order chi connectivity index (χ1) is 9.69. The molecule has 3 N–H and O–H groups in total. The summed E-state index contributed by atoms with van der Waals surface area (Å²) in [4.78, 5) is 23.2. The molecule has 1 aliphatic rings. The van der Waals surface area contributed by atoms with E-state index in [4.69, 9.17) is 5.21 Å². The van der Waals surface area contributed by atoms with Gasteiger partial charge in [0.15, 0.2) is 0 Å². The summed E-state index contributed by atoms with van der Waals surface area (Å²) in [5.74, 6) is -0.600. The first-order valence-electron chi connectivity index (χ1n) is 6.54. The molecule has 0 bridgehead atoms. The molecule has 0 unspecified atom stereocenters. The molecule has 1 amide bonds. The Bertz CT molecular complexity index is 631. The van der Waals surface area contributed by atoms with Crippen molar-refractivity contribution in [2.45, 2.75) is 0 Å². The van der Waals surface area contributed by atoms with Gasteiger partial charge in [0, 0.05) is 37.8 Å². The third kappa shape index (κ3) is 2.21. The first kappa shape index (κ1) is 12.9.